The van der Waals surface area contributed by atoms with Crippen molar-refractivity contribution in [3.63, 3.8) is 0 Å². The number of hydrogen-bond acceptors (Lipinski definition) is 12. The van der Waals surface area contributed by atoms with Gasteiger partial charge in [-0.1, -0.05) is 31.2 Å². The molecule has 0 bridgehead atoms. The van der Waals surface area contributed by atoms with Crippen LogP contribution in [0.2, 0.25) is 0 Å². The van der Waals surface area contributed by atoms with Crippen molar-refractivity contribution in [2.45, 2.75) is 83.1 Å². The molecule has 5 atom stereocenters. The number of oxime groups is 1. The number of carbonyl (C=O) groups is 2. The molecule has 3 aliphatic heterocycles. The molecular weight excluding hydrogens is 542 g/mol. The first-order valence-corrected chi connectivity index (χ1v) is 14.2. The lowest BCUT2D eigenvalue weighted by atomic mass is 10.0. The lowest BCUT2D eigenvalue weighted by Gasteiger charge is -2.28. The standard InChI is InChI=1S/C27H35N3O9S/c1-6-8-17(20-12-16(34-10-7-2)13-21(31)36-20)28-24(32)18-14-40-25(29-18)15(3)30-39-26(33)23-22-19(9-11-35-23)37-27(4,5)38-22/h7,12-13,17-19,22-23H,2,6,8-11,14H2,1,3-5H3,(H,28,32)/b30-15+. The Morgan fingerprint density at radius 2 is 2.15 bits per heavy atom. The molecule has 0 spiro atoms. The summed E-state index contributed by atoms with van der Waals surface area (Å²) in [5, 5.41) is 7.36. The van der Waals surface area contributed by atoms with Crippen LogP contribution in [0.25, 0.3) is 0 Å². The fraction of sp³-hybridized carbons (Fsp3) is 0.593. The van der Waals surface area contributed by atoms with Gasteiger partial charge in [-0.25, -0.2) is 9.59 Å². The van der Waals surface area contributed by atoms with Gasteiger partial charge in [-0.05, 0) is 33.6 Å². The van der Waals surface area contributed by atoms with Crippen LogP contribution in [0.4, 0.5) is 0 Å². The first-order chi connectivity index (χ1) is 19.1. The third kappa shape index (κ3) is 7.39. The molecule has 1 amide bonds. The van der Waals surface area contributed by atoms with Crippen LogP contribution in [0, 0.1) is 0 Å². The number of rotatable bonds is 11. The summed E-state index contributed by atoms with van der Waals surface area (Å²) in [5.74, 6) is -0.805. The predicted octanol–water partition coefficient (Wildman–Crippen LogP) is 2.90. The molecule has 1 aromatic rings. The maximum absolute atomic E-state index is 13.1. The van der Waals surface area contributed by atoms with E-state index >= 15 is 0 Å². The number of fused-ring (bicyclic) bond motifs is 1. The molecule has 13 heteroatoms. The van der Waals surface area contributed by atoms with E-state index in [1.54, 1.807) is 32.9 Å². The van der Waals surface area contributed by atoms with Crippen molar-refractivity contribution >= 4 is 34.4 Å². The highest BCUT2D eigenvalue weighted by molar-refractivity contribution is 8.16. The zero-order valence-corrected chi connectivity index (χ0v) is 23.9. The largest absolute Gasteiger partial charge is 0.489 e. The van der Waals surface area contributed by atoms with E-state index in [1.807, 2.05) is 6.92 Å². The number of nitrogens with one attached hydrogen (secondary N) is 1. The van der Waals surface area contributed by atoms with Crippen molar-refractivity contribution in [1.29, 1.82) is 0 Å². The van der Waals surface area contributed by atoms with Crippen LogP contribution in [-0.2, 0) is 28.6 Å². The van der Waals surface area contributed by atoms with Crippen molar-refractivity contribution in [2.75, 3.05) is 19.0 Å². The van der Waals surface area contributed by atoms with Crippen LogP contribution >= 0.6 is 11.8 Å². The Kier molecular flexibility index (Phi) is 9.82. The molecule has 40 heavy (non-hydrogen) atoms. The van der Waals surface area contributed by atoms with Crippen molar-refractivity contribution < 1.29 is 37.8 Å². The monoisotopic (exact) mass is 577 g/mol. The Bertz CT molecular complexity index is 1230. The summed E-state index contributed by atoms with van der Waals surface area (Å²) >= 11 is 1.33. The number of ether oxygens (including phenoxy) is 4. The maximum Gasteiger partial charge on any atom is 0.366 e. The molecule has 4 rings (SSSR count). The predicted molar refractivity (Wildman–Crippen MR) is 148 cm³/mol. The second-order valence-electron chi connectivity index (χ2n) is 10.0. The van der Waals surface area contributed by atoms with E-state index in [1.165, 1.54) is 17.8 Å². The minimum Gasteiger partial charge on any atom is -0.489 e. The lowest BCUT2D eigenvalue weighted by molar-refractivity contribution is -0.179. The van der Waals surface area contributed by atoms with Crippen LogP contribution in [0.5, 0.6) is 5.75 Å². The molecule has 1 N–H and O–H groups in total. The van der Waals surface area contributed by atoms with E-state index in [4.69, 9.17) is 28.2 Å². The van der Waals surface area contributed by atoms with E-state index in [0.29, 0.717) is 47.5 Å². The highest BCUT2D eigenvalue weighted by Gasteiger charge is 2.51. The summed E-state index contributed by atoms with van der Waals surface area (Å²) in [7, 11) is 0. The highest BCUT2D eigenvalue weighted by atomic mass is 32.2. The van der Waals surface area contributed by atoms with E-state index in [0.717, 1.165) is 6.42 Å². The molecular formula is C27H35N3O9S. The first-order valence-electron chi connectivity index (χ1n) is 13.2. The molecule has 0 aliphatic carbocycles. The summed E-state index contributed by atoms with van der Waals surface area (Å²) in [6, 6.07) is 1.60. The van der Waals surface area contributed by atoms with Crippen molar-refractivity contribution in [3.8, 4) is 5.75 Å². The molecule has 1 aromatic heterocycles. The second-order valence-corrected chi connectivity index (χ2v) is 11.0. The second kappa shape index (κ2) is 13.1. The van der Waals surface area contributed by atoms with Crippen LogP contribution in [0.3, 0.4) is 0 Å². The lowest BCUT2D eigenvalue weighted by Crippen LogP contribution is -2.47. The summed E-state index contributed by atoms with van der Waals surface area (Å²) in [5.41, 5.74) is -0.219. The van der Waals surface area contributed by atoms with Crippen LogP contribution < -0.4 is 15.7 Å². The molecule has 2 fully saturated rings. The summed E-state index contributed by atoms with van der Waals surface area (Å²) in [6.45, 7) is 11.4. The Hall–Kier alpha value is -3.00. The van der Waals surface area contributed by atoms with Gasteiger partial charge < -0.3 is 33.5 Å². The zero-order valence-electron chi connectivity index (χ0n) is 23.0. The Balaban J connectivity index is 1.37. The minimum absolute atomic E-state index is 0.232. The molecule has 3 aliphatic rings. The SMILES string of the molecule is C=CCOc1cc(C(CCC)NC(=O)C2CSC(/C(C)=N/OC(=O)C3OCCC4OC(C)(C)OC43)=N2)oc(=O)c1. The zero-order chi connectivity index (χ0) is 28.9. The molecule has 4 heterocycles. The molecule has 2 saturated heterocycles. The molecule has 0 saturated carbocycles. The molecule has 5 unspecified atom stereocenters. The summed E-state index contributed by atoms with van der Waals surface area (Å²) in [6.07, 6.45) is 1.68. The maximum atomic E-state index is 13.1. The van der Waals surface area contributed by atoms with E-state index in [9.17, 15) is 14.4 Å². The van der Waals surface area contributed by atoms with Crippen LogP contribution in [-0.4, -0.2) is 71.7 Å². The smallest absolute Gasteiger partial charge is 0.366 e. The van der Waals surface area contributed by atoms with Crippen LogP contribution in [0.1, 0.15) is 58.8 Å². The Labute approximate surface area is 236 Å². The van der Waals surface area contributed by atoms with Gasteiger partial charge in [-0.2, -0.15) is 0 Å². The van der Waals surface area contributed by atoms with Crippen molar-refractivity contribution in [3.05, 3.63) is 41.0 Å². The first kappa shape index (κ1) is 30.0. The number of carbonyl (C=O) groups excluding carboxylic acids is 2. The Morgan fingerprint density at radius 3 is 2.90 bits per heavy atom. The van der Waals surface area contributed by atoms with Crippen LogP contribution in [0.15, 0.2) is 44.1 Å². The Morgan fingerprint density at radius 1 is 1.35 bits per heavy atom. The third-order valence-corrected chi connectivity index (χ3v) is 7.51. The minimum atomic E-state index is -0.954. The quantitative estimate of drug-likeness (QED) is 0.180. The molecule has 0 radical (unpaired) electrons. The molecule has 0 aromatic carbocycles. The third-order valence-electron chi connectivity index (χ3n) is 6.36. The average molecular weight is 578 g/mol. The van der Waals surface area contributed by atoms with E-state index in [2.05, 4.69) is 22.0 Å². The van der Waals surface area contributed by atoms with Gasteiger partial charge in [-0.15, -0.1) is 11.8 Å². The average Bonchev–Trinajstić information content (AvgIpc) is 3.53. The number of aliphatic imine (C=N–C) groups is 1. The van der Waals surface area contributed by atoms with Gasteiger partial charge in [0, 0.05) is 11.8 Å². The molecule has 218 valence electrons. The number of thioether (sulfide) groups is 1. The number of hydrogen-bond donors (Lipinski definition) is 1. The van der Waals surface area contributed by atoms with Gasteiger partial charge in [-0.3, -0.25) is 9.79 Å². The van der Waals surface area contributed by atoms with Gasteiger partial charge in [0.25, 0.3) is 0 Å². The fourth-order valence-corrected chi connectivity index (χ4v) is 5.58. The van der Waals surface area contributed by atoms with Gasteiger partial charge in [0.1, 0.15) is 41.0 Å². The molecule has 12 nitrogen and oxygen atoms in total. The summed E-state index contributed by atoms with van der Waals surface area (Å²) in [4.78, 5) is 47.5. The topological polar surface area (TPSA) is 147 Å². The number of nitrogens with zero attached hydrogens (tertiary/aromatic N) is 2. The highest BCUT2D eigenvalue weighted by Crippen LogP contribution is 2.35. The van der Waals surface area contributed by atoms with Gasteiger partial charge in [0.15, 0.2) is 11.9 Å². The van der Waals surface area contributed by atoms with Crippen molar-refractivity contribution in [1.82, 2.24) is 5.32 Å². The van der Waals surface area contributed by atoms with Crippen molar-refractivity contribution in [2.24, 2.45) is 10.1 Å². The van der Waals surface area contributed by atoms with E-state index in [-0.39, 0.29) is 18.6 Å². The van der Waals surface area contributed by atoms with Gasteiger partial charge in [0.05, 0.1) is 24.8 Å². The fourth-order valence-electron chi connectivity index (χ4n) is 4.59. The summed E-state index contributed by atoms with van der Waals surface area (Å²) < 4.78 is 28.1. The number of amides is 1. The van der Waals surface area contributed by atoms with E-state index < -0.39 is 41.7 Å². The normalized spacial score (nSPS) is 26.4. The van der Waals surface area contributed by atoms with Gasteiger partial charge >= 0.3 is 11.6 Å². The van der Waals surface area contributed by atoms with Gasteiger partial charge in [0.2, 0.25) is 5.91 Å².